The minimum Gasteiger partial charge on any atom is -0.497 e. The van der Waals surface area contributed by atoms with Crippen LogP contribution in [0.5, 0.6) is 11.5 Å². The maximum atomic E-state index is 12.6. The van der Waals surface area contributed by atoms with Crippen molar-refractivity contribution in [1.82, 2.24) is 5.06 Å². The first-order valence-corrected chi connectivity index (χ1v) is 6.54. The molecule has 0 amide bonds. The second-order valence-corrected chi connectivity index (χ2v) is 5.91. The summed E-state index contributed by atoms with van der Waals surface area (Å²) in [4.78, 5) is 4.60. The molecule has 1 aromatic carbocycles. The highest BCUT2D eigenvalue weighted by Gasteiger charge is 2.50. The second kappa shape index (κ2) is 4.66. The number of hydrogen-bond acceptors (Lipinski definition) is 4. The summed E-state index contributed by atoms with van der Waals surface area (Å²) in [5.41, 5.74) is -0.385. The third-order valence-electron chi connectivity index (χ3n) is 4.23. The normalized spacial score (nSPS) is 19.8. The van der Waals surface area contributed by atoms with E-state index in [1.54, 1.807) is 32.4 Å². The fourth-order valence-corrected chi connectivity index (χ4v) is 2.11. The summed E-state index contributed by atoms with van der Waals surface area (Å²) in [7, 11) is 3.16. The van der Waals surface area contributed by atoms with Crippen molar-refractivity contribution in [3.63, 3.8) is 0 Å². The first kappa shape index (κ1) is 14.7. The van der Waals surface area contributed by atoms with Gasteiger partial charge in [-0.1, -0.05) is 5.21 Å². The van der Waals surface area contributed by atoms with Gasteiger partial charge in [-0.05, 0) is 39.8 Å². The van der Waals surface area contributed by atoms with Gasteiger partial charge in [0.25, 0.3) is 0 Å². The van der Waals surface area contributed by atoms with Crippen molar-refractivity contribution >= 4 is 5.84 Å². The molecular weight excluding hydrogens is 256 g/mol. The first-order valence-electron chi connectivity index (χ1n) is 6.54. The second-order valence-electron chi connectivity index (χ2n) is 5.91. The minimum atomic E-state index is -0.604. The standard InChI is InChI=1S/C15H21N2O3/c1-14(2)15(3,4)17(18)13(16-14)11-8-7-10(19-5)9-12(11)20-6/h7-9H,1-6H3. The van der Waals surface area contributed by atoms with E-state index in [9.17, 15) is 5.21 Å². The van der Waals surface area contributed by atoms with Gasteiger partial charge in [0.05, 0.1) is 30.9 Å². The van der Waals surface area contributed by atoms with Crippen molar-refractivity contribution in [1.29, 1.82) is 0 Å². The number of nitrogens with zero attached hydrogens (tertiary/aromatic N) is 2. The molecule has 0 saturated carbocycles. The lowest BCUT2D eigenvalue weighted by Crippen LogP contribution is -2.50. The molecule has 109 valence electrons. The lowest BCUT2D eigenvalue weighted by molar-refractivity contribution is -0.158. The van der Waals surface area contributed by atoms with Crippen LogP contribution in [0.4, 0.5) is 0 Å². The van der Waals surface area contributed by atoms with Gasteiger partial charge in [0, 0.05) is 6.07 Å². The molecule has 0 spiro atoms. The molecule has 1 heterocycles. The summed E-state index contributed by atoms with van der Waals surface area (Å²) in [5.74, 6) is 1.66. The molecule has 0 atom stereocenters. The molecule has 1 aliphatic rings. The van der Waals surface area contributed by atoms with Crippen LogP contribution in [0.25, 0.3) is 0 Å². The number of ether oxygens (including phenoxy) is 2. The van der Waals surface area contributed by atoms with E-state index in [0.717, 1.165) is 5.06 Å². The Morgan fingerprint density at radius 3 is 2.20 bits per heavy atom. The van der Waals surface area contributed by atoms with Gasteiger partial charge in [-0.25, -0.2) is 0 Å². The first-order chi connectivity index (χ1) is 9.24. The Morgan fingerprint density at radius 1 is 1.10 bits per heavy atom. The van der Waals surface area contributed by atoms with Crippen molar-refractivity contribution < 1.29 is 14.7 Å². The molecule has 0 saturated heterocycles. The molecular formula is C15H21N2O3. The highest BCUT2D eigenvalue weighted by Crippen LogP contribution is 2.40. The lowest BCUT2D eigenvalue weighted by atomic mass is 9.84. The lowest BCUT2D eigenvalue weighted by Gasteiger charge is -2.35. The van der Waals surface area contributed by atoms with Crippen molar-refractivity contribution in [2.75, 3.05) is 14.2 Å². The SMILES string of the molecule is COc1ccc(C2=NC(C)(C)C(C)(C)N2[O])c(OC)c1. The van der Waals surface area contributed by atoms with E-state index in [2.05, 4.69) is 4.99 Å². The number of methoxy groups -OCH3 is 2. The number of rotatable bonds is 3. The summed E-state index contributed by atoms with van der Waals surface area (Å²) in [6, 6.07) is 5.36. The Hall–Kier alpha value is -1.75. The minimum absolute atomic E-state index is 0.402. The average Bonchev–Trinajstić information content (AvgIpc) is 2.58. The van der Waals surface area contributed by atoms with Crippen LogP contribution in [0.3, 0.4) is 0 Å². The van der Waals surface area contributed by atoms with Crippen molar-refractivity contribution in [3.05, 3.63) is 23.8 Å². The van der Waals surface area contributed by atoms with Crippen LogP contribution in [0, 0.1) is 0 Å². The summed E-state index contributed by atoms with van der Waals surface area (Å²) in [6.07, 6.45) is 0. The number of amidine groups is 1. The van der Waals surface area contributed by atoms with E-state index >= 15 is 0 Å². The average molecular weight is 277 g/mol. The topological polar surface area (TPSA) is 54.0 Å². The van der Waals surface area contributed by atoms with Gasteiger partial charge in [0.1, 0.15) is 11.5 Å². The maximum absolute atomic E-state index is 12.6. The number of aliphatic imine (C=N–C) groups is 1. The molecule has 0 N–H and O–H groups in total. The Kier molecular flexibility index (Phi) is 3.42. The van der Waals surface area contributed by atoms with E-state index in [-0.39, 0.29) is 0 Å². The smallest absolute Gasteiger partial charge is 0.163 e. The molecule has 0 fully saturated rings. The van der Waals surface area contributed by atoms with Gasteiger partial charge >= 0.3 is 0 Å². The van der Waals surface area contributed by atoms with Gasteiger partial charge in [0.15, 0.2) is 5.84 Å². The third kappa shape index (κ3) is 2.02. The third-order valence-corrected chi connectivity index (χ3v) is 4.23. The fraction of sp³-hybridized carbons (Fsp3) is 0.533. The maximum Gasteiger partial charge on any atom is 0.163 e. The highest BCUT2D eigenvalue weighted by atomic mass is 16.5. The van der Waals surface area contributed by atoms with E-state index < -0.39 is 11.1 Å². The molecule has 0 unspecified atom stereocenters. The van der Waals surface area contributed by atoms with Crippen molar-refractivity contribution in [2.45, 2.75) is 38.8 Å². The van der Waals surface area contributed by atoms with Gasteiger partial charge in [0.2, 0.25) is 0 Å². The van der Waals surface area contributed by atoms with Gasteiger partial charge in [-0.3, -0.25) is 4.99 Å². The van der Waals surface area contributed by atoms with E-state index in [1.165, 1.54) is 0 Å². The van der Waals surface area contributed by atoms with Crippen LogP contribution in [0.15, 0.2) is 23.2 Å². The Bertz CT molecular complexity index is 550. The summed E-state index contributed by atoms with van der Waals surface area (Å²) in [6.45, 7) is 7.71. The molecule has 1 radical (unpaired) electrons. The zero-order valence-corrected chi connectivity index (χ0v) is 12.9. The van der Waals surface area contributed by atoms with Crippen LogP contribution < -0.4 is 9.47 Å². The zero-order valence-electron chi connectivity index (χ0n) is 12.9. The van der Waals surface area contributed by atoms with Crippen LogP contribution >= 0.6 is 0 Å². The molecule has 0 aromatic heterocycles. The van der Waals surface area contributed by atoms with E-state index in [0.29, 0.717) is 22.9 Å². The van der Waals surface area contributed by atoms with Crippen LogP contribution in [0.2, 0.25) is 0 Å². The largest absolute Gasteiger partial charge is 0.497 e. The molecule has 1 aromatic rings. The number of hydroxylamine groups is 2. The molecule has 0 bridgehead atoms. The highest BCUT2D eigenvalue weighted by molar-refractivity contribution is 6.02. The van der Waals surface area contributed by atoms with Crippen LogP contribution in [0.1, 0.15) is 33.3 Å². The summed E-state index contributed by atoms with van der Waals surface area (Å²) < 4.78 is 10.5. The monoisotopic (exact) mass is 277 g/mol. The van der Waals surface area contributed by atoms with E-state index in [4.69, 9.17) is 9.47 Å². The molecule has 5 nitrogen and oxygen atoms in total. The van der Waals surface area contributed by atoms with Gasteiger partial charge in [-0.2, -0.15) is 5.06 Å². The van der Waals surface area contributed by atoms with E-state index in [1.807, 2.05) is 27.7 Å². The number of benzene rings is 1. The van der Waals surface area contributed by atoms with Crippen LogP contribution in [-0.4, -0.2) is 36.2 Å². The van der Waals surface area contributed by atoms with Gasteiger partial charge < -0.3 is 9.47 Å². The van der Waals surface area contributed by atoms with Crippen molar-refractivity contribution in [2.24, 2.45) is 4.99 Å². The van der Waals surface area contributed by atoms with Crippen LogP contribution in [-0.2, 0) is 5.21 Å². The quantitative estimate of drug-likeness (QED) is 0.853. The Balaban J connectivity index is 2.53. The molecule has 2 rings (SSSR count). The molecule has 5 heteroatoms. The predicted octanol–water partition coefficient (Wildman–Crippen LogP) is 2.67. The summed E-state index contributed by atoms with van der Waals surface area (Å²) in [5, 5.41) is 13.5. The molecule has 20 heavy (non-hydrogen) atoms. The number of hydrogen-bond donors (Lipinski definition) is 0. The fourth-order valence-electron chi connectivity index (χ4n) is 2.11. The Labute approximate surface area is 119 Å². The zero-order chi connectivity index (χ0) is 15.1. The molecule has 0 aliphatic carbocycles. The predicted molar refractivity (Wildman–Crippen MR) is 76.8 cm³/mol. The molecule has 1 aliphatic heterocycles. The van der Waals surface area contributed by atoms with Crippen molar-refractivity contribution in [3.8, 4) is 11.5 Å². The van der Waals surface area contributed by atoms with Gasteiger partial charge in [-0.15, -0.1) is 0 Å². The summed E-state index contributed by atoms with van der Waals surface area (Å²) >= 11 is 0. The Morgan fingerprint density at radius 2 is 1.75 bits per heavy atom.